The van der Waals surface area contributed by atoms with E-state index in [1.807, 2.05) is 0 Å². The molecule has 0 amide bonds. The first-order valence-corrected chi connectivity index (χ1v) is 10.5. The summed E-state index contributed by atoms with van der Waals surface area (Å²) < 4.78 is 0. The minimum atomic E-state index is -0.685. The first-order valence-electron chi connectivity index (χ1n) is 10.5. The predicted octanol–water partition coefficient (Wildman–Crippen LogP) is 2.37. The molecule has 28 heavy (non-hydrogen) atoms. The third-order valence-electron chi connectivity index (χ3n) is 6.52. The standard InChI is InChI=1S/C22H31N3O3/c1-2-3-8-25-12-14-9-16(10-15(14)13-25)23-11-20(27)17-4-6-19(26)22-18(17)5-7-21(28)24-22/h4-7,14-16,20,23,26-27H,2-3,8-13H2,1H3,(H,24,28)/t14-,15+,16-,20-/m0/s1. The Labute approximate surface area is 165 Å². The molecule has 6 nitrogen and oxygen atoms in total. The van der Waals surface area contributed by atoms with Crippen molar-refractivity contribution in [3.8, 4) is 5.75 Å². The number of nitrogens with zero attached hydrogens (tertiary/aromatic N) is 1. The Bertz CT molecular complexity index is 867. The Kier molecular flexibility index (Phi) is 5.71. The number of benzene rings is 1. The van der Waals surface area contributed by atoms with E-state index in [1.165, 1.54) is 57.5 Å². The number of aliphatic hydroxyl groups is 1. The lowest BCUT2D eigenvalue weighted by atomic mass is 10.0. The van der Waals surface area contributed by atoms with Gasteiger partial charge in [0, 0.05) is 37.1 Å². The average molecular weight is 386 g/mol. The molecule has 2 aromatic rings. The van der Waals surface area contributed by atoms with Crippen LogP contribution >= 0.6 is 0 Å². The number of H-pyrrole nitrogens is 1. The molecule has 4 rings (SSSR count). The van der Waals surface area contributed by atoms with Gasteiger partial charge in [0.2, 0.25) is 5.56 Å². The van der Waals surface area contributed by atoms with Crippen LogP contribution in [-0.2, 0) is 0 Å². The van der Waals surface area contributed by atoms with Crippen LogP contribution in [0, 0.1) is 11.8 Å². The van der Waals surface area contributed by atoms with Crippen LogP contribution in [0.2, 0.25) is 0 Å². The summed E-state index contributed by atoms with van der Waals surface area (Å²) in [5, 5.41) is 25.0. The number of phenolic OH excluding ortho intramolecular Hbond substituents is 1. The second-order valence-electron chi connectivity index (χ2n) is 8.51. The van der Waals surface area contributed by atoms with Crippen LogP contribution in [0.4, 0.5) is 0 Å². The quantitative estimate of drug-likeness (QED) is 0.588. The van der Waals surface area contributed by atoms with Crippen molar-refractivity contribution in [1.82, 2.24) is 15.2 Å². The zero-order valence-corrected chi connectivity index (χ0v) is 16.5. The molecule has 1 saturated heterocycles. The Morgan fingerprint density at radius 1 is 1.21 bits per heavy atom. The van der Waals surface area contributed by atoms with Crippen molar-refractivity contribution in [2.75, 3.05) is 26.2 Å². The highest BCUT2D eigenvalue weighted by Gasteiger charge is 2.40. The number of hydrogen-bond acceptors (Lipinski definition) is 5. The summed E-state index contributed by atoms with van der Waals surface area (Å²) in [4.78, 5) is 16.8. The van der Waals surface area contributed by atoms with E-state index in [0.29, 0.717) is 23.5 Å². The molecule has 2 fully saturated rings. The maximum absolute atomic E-state index is 11.5. The third kappa shape index (κ3) is 3.95. The molecular formula is C22H31N3O3. The van der Waals surface area contributed by atoms with E-state index in [-0.39, 0.29) is 11.3 Å². The van der Waals surface area contributed by atoms with E-state index in [9.17, 15) is 15.0 Å². The molecule has 152 valence electrons. The van der Waals surface area contributed by atoms with Gasteiger partial charge in [0.15, 0.2) is 0 Å². The summed E-state index contributed by atoms with van der Waals surface area (Å²) >= 11 is 0. The topological polar surface area (TPSA) is 88.6 Å². The summed E-state index contributed by atoms with van der Waals surface area (Å²) in [7, 11) is 0. The number of likely N-dealkylation sites (tertiary alicyclic amines) is 1. The minimum Gasteiger partial charge on any atom is -0.506 e. The molecular weight excluding hydrogens is 354 g/mol. The van der Waals surface area contributed by atoms with Crippen molar-refractivity contribution in [2.24, 2.45) is 11.8 Å². The molecule has 1 aliphatic carbocycles. The van der Waals surface area contributed by atoms with Gasteiger partial charge in [0.1, 0.15) is 5.75 Å². The van der Waals surface area contributed by atoms with Crippen LogP contribution in [0.15, 0.2) is 29.1 Å². The van der Waals surface area contributed by atoms with Gasteiger partial charge >= 0.3 is 0 Å². The lowest BCUT2D eigenvalue weighted by molar-refractivity contribution is 0.170. The summed E-state index contributed by atoms with van der Waals surface area (Å²) in [6.07, 6.45) is 4.23. The van der Waals surface area contributed by atoms with Crippen molar-refractivity contribution in [2.45, 2.75) is 44.8 Å². The van der Waals surface area contributed by atoms with Crippen LogP contribution in [0.3, 0.4) is 0 Å². The molecule has 2 aliphatic rings. The van der Waals surface area contributed by atoms with Crippen LogP contribution in [0.5, 0.6) is 5.75 Å². The maximum Gasteiger partial charge on any atom is 0.248 e. The lowest BCUT2D eigenvalue weighted by Gasteiger charge is -2.21. The SMILES string of the molecule is CCCCN1C[C@H]2C[C@@H](NC[C@H](O)c3ccc(O)c4[nH]c(=O)ccc34)C[C@H]2C1. The molecule has 4 atom stereocenters. The monoisotopic (exact) mass is 385 g/mol. The van der Waals surface area contributed by atoms with Crippen LogP contribution < -0.4 is 10.9 Å². The Morgan fingerprint density at radius 3 is 2.68 bits per heavy atom. The summed E-state index contributed by atoms with van der Waals surface area (Å²) in [5.41, 5.74) is 0.838. The zero-order valence-electron chi connectivity index (χ0n) is 16.5. The molecule has 0 unspecified atom stereocenters. The number of aliphatic hydroxyl groups excluding tert-OH is 1. The van der Waals surface area contributed by atoms with E-state index in [1.54, 1.807) is 12.1 Å². The van der Waals surface area contributed by atoms with Gasteiger partial charge < -0.3 is 25.4 Å². The smallest absolute Gasteiger partial charge is 0.248 e. The lowest BCUT2D eigenvalue weighted by Crippen LogP contribution is -2.33. The fraction of sp³-hybridized carbons (Fsp3) is 0.591. The van der Waals surface area contributed by atoms with Gasteiger partial charge in [0.25, 0.3) is 0 Å². The molecule has 6 heteroatoms. The van der Waals surface area contributed by atoms with Crippen molar-refractivity contribution in [3.63, 3.8) is 0 Å². The second kappa shape index (κ2) is 8.23. The number of aromatic nitrogens is 1. The largest absolute Gasteiger partial charge is 0.506 e. The Balaban J connectivity index is 1.35. The fourth-order valence-electron chi connectivity index (χ4n) is 5.07. The maximum atomic E-state index is 11.5. The highest BCUT2D eigenvalue weighted by atomic mass is 16.3. The number of phenols is 1. The second-order valence-corrected chi connectivity index (χ2v) is 8.51. The Hall–Kier alpha value is -1.89. The normalized spacial score (nSPS) is 26.0. The number of nitrogens with one attached hydrogen (secondary N) is 2. The van der Waals surface area contributed by atoms with Gasteiger partial charge in [-0.2, -0.15) is 0 Å². The van der Waals surface area contributed by atoms with Gasteiger partial charge in [-0.1, -0.05) is 19.4 Å². The van der Waals surface area contributed by atoms with Crippen LogP contribution in [-0.4, -0.2) is 52.3 Å². The van der Waals surface area contributed by atoms with Crippen molar-refractivity contribution >= 4 is 10.9 Å². The average Bonchev–Trinajstić information content (AvgIpc) is 3.23. The molecule has 0 spiro atoms. The van der Waals surface area contributed by atoms with Crippen molar-refractivity contribution in [1.29, 1.82) is 0 Å². The number of aromatic hydroxyl groups is 1. The number of fused-ring (bicyclic) bond motifs is 2. The summed E-state index contributed by atoms with van der Waals surface area (Å²) in [6.45, 7) is 6.40. The number of unbranched alkanes of at least 4 members (excludes halogenated alkanes) is 1. The predicted molar refractivity (Wildman–Crippen MR) is 111 cm³/mol. The molecule has 1 saturated carbocycles. The van der Waals surface area contributed by atoms with Gasteiger partial charge in [-0.25, -0.2) is 0 Å². The van der Waals surface area contributed by atoms with Gasteiger partial charge in [-0.05, 0) is 55.3 Å². The molecule has 2 heterocycles. The molecule has 0 radical (unpaired) electrons. The van der Waals surface area contributed by atoms with Gasteiger partial charge in [-0.3, -0.25) is 4.79 Å². The fourth-order valence-corrected chi connectivity index (χ4v) is 5.07. The first-order chi connectivity index (χ1) is 13.5. The molecule has 4 N–H and O–H groups in total. The summed E-state index contributed by atoms with van der Waals surface area (Å²) in [5.74, 6) is 1.59. The van der Waals surface area contributed by atoms with Crippen molar-refractivity contribution < 1.29 is 10.2 Å². The zero-order chi connectivity index (χ0) is 19.7. The van der Waals surface area contributed by atoms with E-state index < -0.39 is 6.10 Å². The van der Waals surface area contributed by atoms with E-state index in [4.69, 9.17) is 0 Å². The minimum absolute atomic E-state index is 0.0212. The Morgan fingerprint density at radius 2 is 1.96 bits per heavy atom. The third-order valence-corrected chi connectivity index (χ3v) is 6.52. The summed E-state index contributed by atoms with van der Waals surface area (Å²) in [6, 6.07) is 6.81. The van der Waals surface area contributed by atoms with Gasteiger partial charge in [-0.15, -0.1) is 0 Å². The molecule has 1 aliphatic heterocycles. The highest BCUT2D eigenvalue weighted by molar-refractivity contribution is 5.87. The highest BCUT2D eigenvalue weighted by Crippen LogP contribution is 2.38. The van der Waals surface area contributed by atoms with E-state index in [0.717, 1.165) is 17.4 Å². The number of aromatic amines is 1. The number of pyridine rings is 1. The molecule has 1 aromatic carbocycles. The molecule has 1 aromatic heterocycles. The van der Waals surface area contributed by atoms with Crippen LogP contribution in [0.25, 0.3) is 10.9 Å². The number of hydrogen-bond donors (Lipinski definition) is 4. The van der Waals surface area contributed by atoms with Crippen molar-refractivity contribution in [3.05, 3.63) is 40.2 Å². The number of rotatable bonds is 7. The van der Waals surface area contributed by atoms with E-state index >= 15 is 0 Å². The van der Waals surface area contributed by atoms with E-state index in [2.05, 4.69) is 22.1 Å². The van der Waals surface area contributed by atoms with Gasteiger partial charge in [0.05, 0.1) is 11.6 Å². The molecule has 0 bridgehead atoms. The first kappa shape index (κ1) is 19.4. The van der Waals surface area contributed by atoms with Crippen LogP contribution in [0.1, 0.15) is 44.3 Å².